The average molecular weight is 349 g/mol. The van der Waals surface area contributed by atoms with Crippen LogP contribution in [0.1, 0.15) is 0 Å². The van der Waals surface area contributed by atoms with Gasteiger partial charge in [-0.05, 0) is 35.4 Å². The number of thiazole rings is 1. The Hall–Kier alpha value is -2.00. The Balaban J connectivity index is 2.00. The highest BCUT2D eigenvalue weighted by molar-refractivity contribution is 7.89. The highest BCUT2D eigenvalue weighted by Gasteiger charge is 2.14. The maximum absolute atomic E-state index is 12.1. The molecular weight excluding hydrogens is 334 g/mol. The number of benzene rings is 2. The number of nitrogens with one attached hydrogen (secondary N) is 1. The minimum Gasteiger partial charge on any atom is -0.395 e. The number of aromatic nitrogens is 1. The number of nitrogens with zero attached hydrogens (tertiary/aromatic N) is 1. The molecule has 0 aliphatic carbocycles. The first kappa shape index (κ1) is 15.9. The van der Waals surface area contributed by atoms with Gasteiger partial charge >= 0.3 is 0 Å². The van der Waals surface area contributed by atoms with E-state index < -0.39 is 10.0 Å². The second-order valence-electron chi connectivity index (χ2n) is 4.88. The van der Waals surface area contributed by atoms with Gasteiger partial charge in [-0.1, -0.05) is 29.5 Å². The largest absolute Gasteiger partial charge is 0.395 e. The van der Waals surface area contributed by atoms with Gasteiger partial charge in [-0.3, -0.25) is 0 Å². The summed E-state index contributed by atoms with van der Waals surface area (Å²) in [4.78, 5) is 4.36. The van der Waals surface area contributed by atoms with Gasteiger partial charge in [-0.25, -0.2) is 18.1 Å². The molecule has 0 radical (unpaired) electrons. The molecule has 0 amide bonds. The topological polar surface area (TPSA) is 105 Å². The SMILES string of the molecule is Nc1nc2ccc(-c3cccc(S(=O)(=O)NCCO)c3)cc2s1. The van der Waals surface area contributed by atoms with Crippen molar-refractivity contribution in [2.75, 3.05) is 18.9 Å². The lowest BCUT2D eigenvalue weighted by Crippen LogP contribution is -2.26. The smallest absolute Gasteiger partial charge is 0.240 e. The van der Waals surface area contributed by atoms with Crippen LogP contribution in [0, 0.1) is 0 Å². The molecule has 0 spiro atoms. The number of anilines is 1. The normalized spacial score (nSPS) is 11.9. The molecule has 4 N–H and O–H groups in total. The molecule has 0 saturated carbocycles. The highest BCUT2D eigenvalue weighted by atomic mass is 32.2. The summed E-state index contributed by atoms with van der Waals surface area (Å²) in [6.07, 6.45) is 0. The third-order valence-corrected chi connectivity index (χ3v) is 5.59. The number of nitrogen functional groups attached to an aromatic ring is 1. The molecule has 1 heterocycles. The lowest BCUT2D eigenvalue weighted by Gasteiger charge is -2.08. The van der Waals surface area contributed by atoms with Crippen LogP contribution in [0.15, 0.2) is 47.4 Å². The van der Waals surface area contributed by atoms with Gasteiger partial charge < -0.3 is 10.8 Å². The van der Waals surface area contributed by atoms with Crippen molar-refractivity contribution in [1.82, 2.24) is 9.71 Å². The Bertz CT molecular complexity index is 952. The predicted molar refractivity (Wildman–Crippen MR) is 91.7 cm³/mol. The molecule has 0 saturated heterocycles. The Morgan fingerprint density at radius 1 is 1.17 bits per heavy atom. The Morgan fingerprint density at radius 2 is 1.96 bits per heavy atom. The fraction of sp³-hybridized carbons (Fsp3) is 0.133. The fourth-order valence-corrected chi connectivity index (χ4v) is 4.07. The van der Waals surface area contributed by atoms with Gasteiger partial charge in [0.1, 0.15) is 0 Å². The first-order valence-electron chi connectivity index (χ1n) is 6.86. The number of fused-ring (bicyclic) bond motifs is 1. The van der Waals surface area contributed by atoms with E-state index in [1.165, 1.54) is 17.4 Å². The molecule has 1 aromatic heterocycles. The zero-order chi connectivity index (χ0) is 16.4. The molecular formula is C15H15N3O3S2. The van der Waals surface area contributed by atoms with E-state index in [2.05, 4.69) is 9.71 Å². The van der Waals surface area contributed by atoms with Crippen molar-refractivity contribution >= 4 is 36.7 Å². The summed E-state index contributed by atoms with van der Waals surface area (Å²) < 4.78 is 27.6. The van der Waals surface area contributed by atoms with E-state index in [-0.39, 0.29) is 18.0 Å². The molecule has 0 bridgehead atoms. The van der Waals surface area contributed by atoms with Crippen LogP contribution in [0.5, 0.6) is 0 Å². The molecule has 8 heteroatoms. The van der Waals surface area contributed by atoms with Gasteiger partial charge in [0.05, 0.1) is 21.7 Å². The molecule has 0 aliphatic rings. The molecule has 23 heavy (non-hydrogen) atoms. The maximum atomic E-state index is 12.1. The maximum Gasteiger partial charge on any atom is 0.240 e. The van der Waals surface area contributed by atoms with E-state index in [1.807, 2.05) is 24.3 Å². The Labute approximate surface area is 137 Å². The van der Waals surface area contributed by atoms with Crippen molar-refractivity contribution in [1.29, 1.82) is 0 Å². The minimum absolute atomic E-state index is 0.0152. The van der Waals surface area contributed by atoms with Gasteiger partial charge in [-0.15, -0.1) is 0 Å². The van der Waals surface area contributed by atoms with Crippen LogP contribution < -0.4 is 10.5 Å². The standard InChI is InChI=1S/C15H15N3O3S2/c16-15-18-13-5-4-11(9-14(13)22-15)10-2-1-3-12(8-10)23(20,21)17-6-7-19/h1-5,8-9,17,19H,6-7H2,(H2,16,18). The first-order chi connectivity index (χ1) is 11.0. The average Bonchev–Trinajstić information content (AvgIpc) is 2.92. The molecule has 120 valence electrons. The summed E-state index contributed by atoms with van der Waals surface area (Å²) in [7, 11) is -3.63. The van der Waals surface area contributed by atoms with Crippen molar-refractivity contribution in [2.45, 2.75) is 4.90 Å². The quantitative estimate of drug-likeness (QED) is 0.651. The number of rotatable bonds is 5. The number of hydrogen-bond acceptors (Lipinski definition) is 6. The van der Waals surface area contributed by atoms with E-state index in [0.29, 0.717) is 5.13 Å². The summed E-state index contributed by atoms with van der Waals surface area (Å²) in [5.74, 6) is 0. The summed E-state index contributed by atoms with van der Waals surface area (Å²) in [5.41, 5.74) is 8.20. The second kappa shape index (κ2) is 6.25. The van der Waals surface area contributed by atoms with Crippen LogP contribution in [0.3, 0.4) is 0 Å². The van der Waals surface area contributed by atoms with Crippen LogP contribution >= 0.6 is 11.3 Å². The third kappa shape index (κ3) is 3.35. The van der Waals surface area contributed by atoms with Gasteiger partial charge in [0.15, 0.2) is 5.13 Å². The monoisotopic (exact) mass is 349 g/mol. The van der Waals surface area contributed by atoms with Gasteiger partial charge in [0.2, 0.25) is 10.0 Å². The van der Waals surface area contributed by atoms with Crippen molar-refractivity contribution in [2.24, 2.45) is 0 Å². The number of nitrogens with two attached hydrogens (primary N) is 1. The van der Waals surface area contributed by atoms with E-state index in [9.17, 15) is 8.42 Å². The fourth-order valence-electron chi connectivity index (χ4n) is 2.23. The van der Waals surface area contributed by atoms with Crippen molar-refractivity contribution in [3.8, 4) is 11.1 Å². The zero-order valence-electron chi connectivity index (χ0n) is 12.1. The summed E-state index contributed by atoms with van der Waals surface area (Å²) in [6.45, 7) is -0.263. The van der Waals surface area contributed by atoms with Crippen molar-refractivity contribution in [3.63, 3.8) is 0 Å². The lowest BCUT2D eigenvalue weighted by molar-refractivity contribution is 0.301. The van der Waals surface area contributed by atoms with E-state index in [1.54, 1.807) is 12.1 Å². The number of sulfonamides is 1. The summed E-state index contributed by atoms with van der Waals surface area (Å²) >= 11 is 1.39. The minimum atomic E-state index is -3.63. The van der Waals surface area contributed by atoms with E-state index in [0.717, 1.165) is 21.3 Å². The van der Waals surface area contributed by atoms with E-state index >= 15 is 0 Å². The van der Waals surface area contributed by atoms with E-state index in [4.69, 9.17) is 10.8 Å². The molecule has 6 nitrogen and oxygen atoms in total. The van der Waals surface area contributed by atoms with Crippen LogP contribution in [0.4, 0.5) is 5.13 Å². The van der Waals surface area contributed by atoms with Crippen LogP contribution in [0.2, 0.25) is 0 Å². The second-order valence-corrected chi connectivity index (χ2v) is 7.71. The molecule has 0 atom stereocenters. The third-order valence-electron chi connectivity index (χ3n) is 3.29. The van der Waals surface area contributed by atoms with Gasteiger partial charge in [0, 0.05) is 6.54 Å². The van der Waals surface area contributed by atoms with Crippen LogP contribution in [0.25, 0.3) is 21.3 Å². The van der Waals surface area contributed by atoms with Crippen LogP contribution in [-0.4, -0.2) is 31.7 Å². The predicted octanol–water partition coefficient (Wildman–Crippen LogP) is 1.82. The summed E-state index contributed by atoms with van der Waals surface area (Å²) in [6, 6.07) is 12.3. The van der Waals surface area contributed by atoms with Crippen LogP contribution in [-0.2, 0) is 10.0 Å². The molecule has 0 fully saturated rings. The van der Waals surface area contributed by atoms with Crippen molar-refractivity contribution < 1.29 is 13.5 Å². The number of aliphatic hydroxyl groups excluding tert-OH is 1. The first-order valence-corrected chi connectivity index (χ1v) is 9.16. The Kier molecular flexibility index (Phi) is 4.31. The summed E-state index contributed by atoms with van der Waals surface area (Å²) in [5, 5.41) is 9.27. The highest BCUT2D eigenvalue weighted by Crippen LogP contribution is 2.30. The molecule has 3 rings (SSSR count). The lowest BCUT2D eigenvalue weighted by atomic mass is 10.1. The Morgan fingerprint density at radius 3 is 2.74 bits per heavy atom. The molecule has 0 unspecified atom stereocenters. The zero-order valence-corrected chi connectivity index (χ0v) is 13.7. The van der Waals surface area contributed by atoms with Crippen molar-refractivity contribution in [3.05, 3.63) is 42.5 Å². The molecule has 2 aromatic carbocycles. The molecule has 0 aliphatic heterocycles. The van der Waals surface area contributed by atoms with Gasteiger partial charge in [0.25, 0.3) is 0 Å². The number of aliphatic hydroxyl groups is 1. The van der Waals surface area contributed by atoms with Gasteiger partial charge in [-0.2, -0.15) is 0 Å². The number of hydrogen-bond donors (Lipinski definition) is 3. The molecule has 3 aromatic rings.